The van der Waals surface area contributed by atoms with Crippen LogP contribution in [0.15, 0.2) is 24.3 Å². The number of hydrogen-bond donors (Lipinski definition) is 1. The highest BCUT2D eigenvalue weighted by molar-refractivity contribution is 6.74. The largest absolute Gasteiger partial charge is 0.444 e. The van der Waals surface area contributed by atoms with E-state index in [4.69, 9.17) is 20.8 Å². The van der Waals surface area contributed by atoms with Gasteiger partial charge in [-0.3, -0.25) is 0 Å². The smallest absolute Gasteiger partial charge is 0.410 e. The lowest BCUT2D eigenvalue weighted by molar-refractivity contribution is -0.0640. The fourth-order valence-electron chi connectivity index (χ4n) is 4.24. The second-order valence-corrected chi connectivity index (χ2v) is 17.5. The van der Waals surface area contributed by atoms with Crippen molar-refractivity contribution in [1.29, 1.82) is 0 Å². The molecule has 34 heavy (non-hydrogen) atoms. The first-order valence-electron chi connectivity index (χ1n) is 12.7. The van der Waals surface area contributed by atoms with Crippen LogP contribution in [0, 0.1) is 5.92 Å². The predicted molar refractivity (Wildman–Crippen MR) is 143 cm³/mol. The molecule has 1 aliphatic rings. The van der Waals surface area contributed by atoms with Crippen molar-refractivity contribution in [3.63, 3.8) is 0 Å². The maximum atomic E-state index is 12.7. The summed E-state index contributed by atoms with van der Waals surface area (Å²) in [6.07, 6.45) is 3.69. The molecule has 1 heterocycles. The zero-order valence-electron chi connectivity index (χ0n) is 22.5. The fraction of sp³-hybridized carbons (Fsp3) is 0.741. The van der Waals surface area contributed by atoms with Crippen molar-refractivity contribution in [3.8, 4) is 0 Å². The van der Waals surface area contributed by atoms with Crippen LogP contribution in [0.3, 0.4) is 0 Å². The van der Waals surface area contributed by atoms with Gasteiger partial charge in [-0.05, 0) is 88.7 Å². The van der Waals surface area contributed by atoms with Gasteiger partial charge in [0.15, 0.2) is 8.32 Å². The monoisotopic (exact) mass is 511 g/mol. The Morgan fingerprint density at radius 3 is 2.44 bits per heavy atom. The molecule has 0 bridgehead atoms. The number of carbonyl (C=O) groups is 1. The van der Waals surface area contributed by atoms with Gasteiger partial charge in [-0.25, -0.2) is 4.79 Å². The highest BCUT2D eigenvalue weighted by Crippen LogP contribution is 2.41. The van der Waals surface area contributed by atoms with E-state index in [1.807, 2.05) is 45.0 Å². The zero-order valence-corrected chi connectivity index (χ0v) is 24.3. The van der Waals surface area contributed by atoms with E-state index in [2.05, 4.69) is 33.9 Å². The Bertz CT molecular complexity index is 818. The van der Waals surface area contributed by atoms with E-state index in [0.29, 0.717) is 31.1 Å². The minimum atomic E-state index is -1.78. The summed E-state index contributed by atoms with van der Waals surface area (Å²) in [4.78, 5) is 14.5. The molecule has 1 saturated heterocycles. The van der Waals surface area contributed by atoms with Crippen LogP contribution >= 0.6 is 11.6 Å². The number of hydrogen-bond acceptors (Lipinski definition) is 4. The Morgan fingerprint density at radius 2 is 1.85 bits per heavy atom. The van der Waals surface area contributed by atoms with E-state index in [1.165, 1.54) is 0 Å². The number of unbranched alkanes of at least 4 members (excludes halogenated alkanes) is 1. The van der Waals surface area contributed by atoms with E-state index in [0.717, 1.165) is 31.2 Å². The average molecular weight is 512 g/mol. The molecule has 1 aromatic carbocycles. The molecule has 1 amide bonds. The molecule has 0 aromatic heterocycles. The summed E-state index contributed by atoms with van der Waals surface area (Å²) in [6.45, 7) is 18.7. The summed E-state index contributed by atoms with van der Waals surface area (Å²) in [5, 5.41) is 12.9. The van der Waals surface area contributed by atoms with Crippen LogP contribution in [0.4, 0.5) is 4.79 Å². The minimum Gasteiger partial charge on any atom is -0.444 e. The van der Waals surface area contributed by atoms with Crippen LogP contribution in [0.1, 0.15) is 79.2 Å². The van der Waals surface area contributed by atoms with Gasteiger partial charge >= 0.3 is 6.09 Å². The van der Waals surface area contributed by atoms with Crippen molar-refractivity contribution in [2.24, 2.45) is 5.92 Å². The number of ether oxygens (including phenoxy) is 1. The molecule has 2 rings (SSSR count). The van der Waals surface area contributed by atoms with Crippen LogP contribution in [0.5, 0.6) is 0 Å². The molecule has 2 atom stereocenters. The predicted octanol–water partition coefficient (Wildman–Crippen LogP) is 7.37. The lowest BCUT2D eigenvalue weighted by atomic mass is 9.74. The molecule has 0 aliphatic carbocycles. The average Bonchev–Trinajstić information content (AvgIpc) is 2.71. The molecular formula is C27H46ClNO4Si. The number of benzene rings is 1. The van der Waals surface area contributed by atoms with E-state index in [-0.39, 0.29) is 17.0 Å². The Balaban J connectivity index is 2.12. The minimum absolute atomic E-state index is 0.0893. The topological polar surface area (TPSA) is 59.0 Å². The third-order valence-electron chi connectivity index (χ3n) is 7.29. The first-order chi connectivity index (χ1) is 15.6. The van der Waals surface area contributed by atoms with Gasteiger partial charge in [-0.15, -0.1) is 0 Å². The second-order valence-electron chi connectivity index (χ2n) is 12.3. The second kappa shape index (κ2) is 11.3. The van der Waals surface area contributed by atoms with Crippen molar-refractivity contribution in [3.05, 3.63) is 34.9 Å². The third kappa shape index (κ3) is 7.97. The van der Waals surface area contributed by atoms with Crippen molar-refractivity contribution in [1.82, 2.24) is 4.90 Å². The van der Waals surface area contributed by atoms with Gasteiger partial charge in [0.25, 0.3) is 0 Å². The van der Waals surface area contributed by atoms with E-state index in [9.17, 15) is 9.90 Å². The fourth-order valence-corrected chi connectivity index (χ4v) is 5.52. The molecule has 194 valence electrons. The Labute approximate surface area is 213 Å². The first-order valence-corrected chi connectivity index (χ1v) is 15.9. The Morgan fingerprint density at radius 1 is 1.18 bits per heavy atom. The maximum absolute atomic E-state index is 12.7. The van der Waals surface area contributed by atoms with Crippen molar-refractivity contribution >= 4 is 26.0 Å². The lowest BCUT2D eigenvalue weighted by Crippen LogP contribution is -2.49. The third-order valence-corrected chi connectivity index (χ3v) is 12.1. The van der Waals surface area contributed by atoms with Crippen molar-refractivity contribution < 1.29 is 19.1 Å². The van der Waals surface area contributed by atoms with Gasteiger partial charge in [-0.2, -0.15) is 0 Å². The van der Waals surface area contributed by atoms with Crippen LogP contribution in [0.25, 0.3) is 0 Å². The highest BCUT2D eigenvalue weighted by atomic mass is 35.5. The number of nitrogens with zero attached hydrogens (tertiary/aromatic N) is 1. The number of likely N-dealkylation sites (tertiary alicyclic amines) is 1. The molecule has 5 nitrogen and oxygen atoms in total. The normalized spacial score (nSPS) is 19.6. The summed E-state index contributed by atoms with van der Waals surface area (Å²) in [5.41, 5.74) is -0.790. The number of rotatable bonds is 8. The summed E-state index contributed by atoms with van der Waals surface area (Å²) in [5.74, 6) is -0.0893. The van der Waals surface area contributed by atoms with E-state index in [1.54, 1.807) is 4.90 Å². The van der Waals surface area contributed by atoms with Crippen molar-refractivity contribution in [2.75, 3.05) is 19.7 Å². The van der Waals surface area contributed by atoms with E-state index >= 15 is 0 Å². The SMILES string of the molecule is CC(C)(C)OC(=O)N1CCC[C@@H]([C@@](O)(CCCCO[Si](C)(C)C(C)(C)C)c2cccc(Cl)c2)C1. The van der Waals surface area contributed by atoms with Gasteiger partial charge in [0.1, 0.15) is 5.60 Å². The van der Waals surface area contributed by atoms with Crippen molar-refractivity contribution in [2.45, 2.75) is 103 Å². The number of halogens is 1. The molecule has 1 aliphatic heterocycles. The number of piperidine rings is 1. The molecule has 0 spiro atoms. The van der Waals surface area contributed by atoms with Gasteiger partial charge in [0.05, 0.1) is 5.60 Å². The summed E-state index contributed by atoms with van der Waals surface area (Å²) in [6, 6.07) is 7.52. The van der Waals surface area contributed by atoms with Gasteiger partial charge in [0, 0.05) is 30.6 Å². The summed E-state index contributed by atoms with van der Waals surface area (Å²) >= 11 is 6.31. The lowest BCUT2D eigenvalue weighted by Gasteiger charge is -2.43. The standard InChI is InChI=1S/C27H46ClNO4Si/c1-25(2,3)33-24(30)29-17-12-14-22(20-29)27(31,21-13-11-15-23(28)19-21)16-9-10-18-32-34(7,8)26(4,5)6/h11,13,15,19,22,31H,9-10,12,14,16-18,20H2,1-8H3/t22-,27-/m1/s1. The van der Waals surface area contributed by atoms with E-state index < -0.39 is 19.5 Å². The Hall–Kier alpha value is -1.08. The van der Waals surface area contributed by atoms with Crippen LogP contribution in [-0.2, 0) is 14.8 Å². The highest BCUT2D eigenvalue weighted by Gasteiger charge is 2.42. The molecule has 0 radical (unpaired) electrons. The molecule has 1 fully saturated rings. The number of carbonyl (C=O) groups excluding carboxylic acids is 1. The summed E-state index contributed by atoms with van der Waals surface area (Å²) < 4.78 is 11.9. The van der Waals surface area contributed by atoms with Gasteiger partial charge in [0.2, 0.25) is 0 Å². The van der Waals surface area contributed by atoms with Gasteiger partial charge in [-0.1, -0.05) is 44.5 Å². The molecular weight excluding hydrogens is 466 g/mol. The molecule has 1 aromatic rings. The van der Waals surface area contributed by atoms with Crippen LogP contribution < -0.4 is 0 Å². The van der Waals surface area contributed by atoms with Crippen LogP contribution in [-0.4, -0.2) is 49.7 Å². The number of aliphatic hydroxyl groups is 1. The number of amides is 1. The molecule has 0 unspecified atom stereocenters. The maximum Gasteiger partial charge on any atom is 0.410 e. The molecule has 0 saturated carbocycles. The first kappa shape index (κ1) is 29.1. The molecule has 7 heteroatoms. The zero-order chi connectivity index (χ0) is 25.8. The molecule has 1 N–H and O–H groups in total. The quantitative estimate of drug-likeness (QED) is 0.292. The van der Waals surface area contributed by atoms with Gasteiger partial charge < -0.3 is 19.2 Å². The van der Waals surface area contributed by atoms with Crippen LogP contribution in [0.2, 0.25) is 23.2 Å². The Kier molecular flexibility index (Phi) is 9.70. The summed E-state index contributed by atoms with van der Waals surface area (Å²) in [7, 11) is -1.78.